The number of aliphatic hydroxyl groups is 1. The summed E-state index contributed by atoms with van der Waals surface area (Å²) in [6.45, 7) is 8.03. The van der Waals surface area contributed by atoms with Crippen LogP contribution < -0.4 is 0 Å². The van der Waals surface area contributed by atoms with Gasteiger partial charge in [-0.15, -0.1) is 5.92 Å². The Morgan fingerprint density at radius 3 is 2.80 bits per heavy atom. The van der Waals surface area contributed by atoms with Crippen molar-refractivity contribution >= 4 is 5.78 Å². The molecule has 0 aromatic rings. The predicted molar refractivity (Wildman–Crippen MR) is 81.0 cm³/mol. The molecule has 2 aliphatic carbocycles. The summed E-state index contributed by atoms with van der Waals surface area (Å²) in [6, 6.07) is 0. The van der Waals surface area contributed by atoms with Crippen LogP contribution in [0.2, 0.25) is 0 Å². The standard InChI is InChI=1S/C18H28O2/c1-13(7-5-11-17(2,3)20)14-9-10-15-16(19)8-6-12-18(14,15)4/h13-15,20H,6-10,12H2,1-4H3. The molecule has 2 nitrogen and oxygen atoms in total. The molecule has 0 bridgehead atoms. The molecule has 1 N–H and O–H groups in total. The molecule has 4 unspecified atom stereocenters. The normalized spacial score (nSPS) is 35.1. The first-order valence-electron chi connectivity index (χ1n) is 7.99. The summed E-state index contributed by atoms with van der Waals surface area (Å²) in [4.78, 5) is 12.1. The molecule has 0 amide bonds. The Balaban J connectivity index is 2.05. The molecular formula is C18H28O2. The molecule has 0 aromatic carbocycles. The van der Waals surface area contributed by atoms with E-state index in [2.05, 4.69) is 25.7 Å². The number of carbonyl (C=O) groups is 1. The molecule has 0 heterocycles. The summed E-state index contributed by atoms with van der Waals surface area (Å²) in [5.41, 5.74) is -0.701. The number of ketones is 1. The summed E-state index contributed by atoms with van der Waals surface area (Å²) in [5.74, 6) is 7.95. The molecule has 0 spiro atoms. The van der Waals surface area contributed by atoms with Gasteiger partial charge in [0.15, 0.2) is 0 Å². The Morgan fingerprint density at radius 2 is 2.15 bits per heavy atom. The van der Waals surface area contributed by atoms with Crippen LogP contribution in [0, 0.1) is 35.0 Å². The lowest BCUT2D eigenvalue weighted by atomic mass is 9.62. The zero-order valence-electron chi connectivity index (χ0n) is 13.3. The Labute approximate surface area is 123 Å². The highest BCUT2D eigenvalue weighted by atomic mass is 16.3. The molecule has 112 valence electrons. The SMILES string of the molecule is CC(CC#CC(C)(C)O)C1CCC2C(=O)CCCC21C. The molecular weight excluding hydrogens is 248 g/mol. The maximum absolute atomic E-state index is 12.1. The minimum atomic E-state index is -0.900. The van der Waals surface area contributed by atoms with Gasteiger partial charge in [0.05, 0.1) is 0 Å². The van der Waals surface area contributed by atoms with Gasteiger partial charge in [-0.3, -0.25) is 4.79 Å². The summed E-state index contributed by atoms with van der Waals surface area (Å²) < 4.78 is 0. The lowest BCUT2D eigenvalue weighted by Crippen LogP contribution is -2.39. The number of rotatable bonds is 2. The number of fused-ring (bicyclic) bond motifs is 1. The number of hydrogen-bond donors (Lipinski definition) is 1. The molecule has 0 saturated heterocycles. The van der Waals surface area contributed by atoms with Crippen molar-refractivity contribution in [1.82, 2.24) is 0 Å². The minimum absolute atomic E-state index is 0.200. The highest BCUT2D eigenvalue weighted by Gasteiger charge is 2.52. The van der Waals surface area contributed by atoms with Gasteiger partial charge in [-0.2, -0.15) is 0 Å². The molecule has 2 heteroatoms. The van der Waals surface area contributed by atoms with Gasteiger partial charge in [0.25, 0.3) is 0 Å². The van der Waals surface area contributed by atoms with Gasteiger partial charge in [-0.25, -0.2) is 0 Å². The Kier molecular flexibility index (Phi) is 4.30. The lowest BCUT2D eigenvalue weighted by Gasteiger charge is -2.42. The van der Waals surface area contributed by atoms with Gasteiger partial charge in [0.2, 0.25) is 0 Å². The van der Waals surface area contributed by atoms with Crippen LogP contribution in [0.1, 0.15) is 66.2 Å². The van der Waals surface area contributed by atoms with Gasteiger partial charge < -0.3 is 5.11 Å². The van der Waals surface area contributed by atoms with Crippen LogP contribution in [0.15, 0.2) is 0 Å². The van der Waals surface area contributed by atoms with Crippen LogP contribution in [-0.2, 0) is 4.79 Å². The van der Waals surface area contributed by atoms with Crippen molar-refractivity contribution in [3.05, 3.63) is 0 Å². The van der Waals surface area contributed by atoms with Crippen molar-refractivity contribution in [1.29, 1.82) is 0 Å². The van der Waals surface area contributed by atoms with E-state index in [0.29, 0.717) is 23.5 Å². The smallest absolute Gasteiger partial charge is 0.136 e. The number of carbonyl (C=O) groups excluding carboxylic acids is 1. The Morgan fingerprint density at radius 1 is 1.45 bits per heavy atom. The summed E-state index contributed by atoms with van der Waals surface area (Å²) in [6.07, 6.45) is 6.11. The van der Waals surface area contributed by atoms with Crippen LogP contribution >= 0.6 is 0 Å². The number of hydrogen-bond acceptors (Lipinski definition) is 2. The molecule has 0 aromatic heterocycles. The first-order chi connectivity index (χ1) is 9.24. The highest BCUT2D eigenvalue weighted by molar-refractivity contribution is 5.83. The zero-order chi connectivity index (χ0) is 15.0. The fourth-order valence-electron chi connectivity index (χ4n) is 4.48. The maximum Gasteiger partial charge on any atom is 0.136 e. The van der Waals surface area contributed by atoms with Crippen molar-refractivity contribution in [3.8, 4) is 11.8 Å². The van der Waals surface area contributed by atoms with E-state index < -0.39 is 5.60 Å². The Bertz CT molecular complexity index is 435. The van der Waals surface area contributed by atoms with Gasteiger partial charge in [0.1, 0.15) is 11.4 Å². The number of Topliss-reactive ketones (excluding diaryl/α,β-unsaturated/α-hetero) is 1. The van der Waals surface area contributed by atoms with E-state index >= 15 is 0 Å². The molecule has 4 atom stereocenters. The van der Waals surface area contributed by atoms with E-state index in [9.17, 15) is 9.90 Å². The van der Waals surface area contributed by atoms with Gasteiger partial charge in [0, 0.05) is 18.8 Å². The van der Waals surface area contributed by atoms with E-state index in [-0.39, 0.29) is 5.41 Å². The maximum atomic E-state index is 12.1. The summed E-state index contributed by atoms with van der Waals surface area (Å²) in [5, 5.41) is 9.65. The lowest BCUT2D eigenvalue weighted by molar-refractivity contribution is -0.130. The second kappa shape index (κ2) is 5.53. The summed E-state index contributed by atoms with van der Waals surface area (Å²) >= 11 is 0. The van der Waals surface area contributed by atoms with Crippen LogP contribution in [0.3, 0.4) is 0 Å². The molecule has 0 aliphatic heterocycles. The van der Waals surface area contributed by atoms with Crippen molar-refractivity contribution in [3.63, 3.8) is 0 Å². The van der Waals surface area contributed by atoms with Crippen molar-refractivity contribution in [2.24, 2.45) is 23.2 Å². The molecule has 20 heavy (non-hydrogen) atoms. The first-order valence-corrected chi connectivity index (χ1v) is 7.99. The largest absolute Gasteiger partial charge is 0.378 e. The third-order valence-electron chi connectivity index (χ3n) is 5.44. The summed E-state index contributed by atoms with van der Waals surface area (Å²) in [7, 11) is 0. The molecule has 2 aliphatic rings. The second-order valence-electron chi connectivity index (χ2n) is 7.60. The average Bonchev–Trinajstić information content (AvgIpc) is 2.66. The zero-order valence-corrected chi connectivity index (χ0v) is 13.3. The van der Waals surface area contributed by atoms with Gasteiger partial charge >= 0.3 is 0 Å². The van der Waals surface area contributed by atoms with Crippen molar-refractivity contribution in [2.45, 2.75) is 71.8 Å². The monoisotopic (exact) mass is 276 g/mol. The van der Waals surface area contributed by atoms with E-state index in [0.717, 1.165) is 32.1 Å². The van der Waals surface area contributed by atoms with Crippen LogP contribution in [-0.4, -0.2) is 16.5 Å². The topological polar surface area (TPSA) is 37.3 Å². The molecule has 2 fully saturated rings. The van der Waals surface area contributed by atoms with Crippen LogP contribution in [0.5, 0.6) is 0 Å². The average molecular weight is 276 g/mol. The molecule has 2 rings (SSSR count). The minimum Gasteiger partial charge on any atom is -0.378 e. The first kappa shape index (κ1) is 15.6. The van der Waals surface area contributed by atoms with E-state index in [1.807, 2.05) is 0 Å². The van der Waals surface area contributed by atoms with Crippen LogP contribution in [0.25, 0.3) is 0 Å². The third kappa shape index (κ3) is 3.09. The van der Waals surface area contributed by atoms with E-state index in [1.54, 1.807) is 13.8 Å². The van der Waals surface area contributed by atoms with Crippen molar-refractivity contribution in [2.75, 3.05) is 0 Å². The fourth-order valence-corrected chi connectivity index (χ4v) is 4.48. The second-order valence-corrected chi connectivity index (χ2v) is 7.60. The molecule has 0 radical (unpaired) electrons. The van der Waals surface area contributed by atoms with Gasteiger partial charge in [-0.05, 0) is 56.8 Å². The predicted octanol–water partition coefficient (Wildman–Crippen LogP) is 3.57. The van der Waals surface area contributed by atoms with Crippen molar-refractivity contribution < 1.29 is 9.90 Å². The van der Waals surface area contributed by atoms with Gasteiger partial charge in [-0.1, -0.05) is 19.8 Å². The fraction of sp³-hybridized carbons (Fsp3) is 0.833. The van der Waals surface area contributed by atoms with E-state index in [1.165, 1.54) is 6.42 Å². The van der Waals surface area contributed by atoms with Crippen LogP contribution in [0.4, 0.5) is 0 Å². The molecule has 2 saturated carbocycles. The Hall–Kier alpha value is -0.810. The quantitative estimate of drug-likeness (QED) is 0.783. The third-order valence-corrected chi connectivity index (χ3v) is 5.44. The highest BCUT2D eigenvalue weighted by Crippen LogP contribution is 2.56. The van der Waals surface area contributed by atoms with E-state index in [4.69, 9.17) is 0 Å².